The summed E-state index contributed by atoms with van der Waals surface area (Å²) < 4.78 is 5.65. The van der Waals surface area contributed by atoms with E-state index in [9.17, 15) is 10.1 Å². The maximum atomic E-state index is 12.0. The highest BCUT2D eigenvalue weighted by Crippen LogP contribution is 2.36. The first-order valence-corrected chi connectivity index (χ1v) is 9.75. The van der Waals surface area contributed by atoms with Crippen molar-refractivity contribution in [3.63, 3.8) is 0 Å². The summed E-state index contributed by atoms with van der Waals surface area (Å²) in [7, 11) is 0. The van der Waals surface area contributed by atoms with E-state index in [2.05, 4.69) is 11.0 Å². The molecule has 1 fully saturated rings. The molecule has 1 saturated heterocycles. The molecule has 1 aliphatic carbocycles. The third-order valence-electron chi connectivity index (χ3n) is 5.60. The Morgan fingerprint density at radius 1 is 1.22 bits per heavy atom. The van der Waals surface area contributed by atoms with Gasteiger partial charge in [-0.25, -0.2) is 4.98 Å². The average Bonchev–Trinajstić information content (AvgIpc) is 3.26. The molecule has 2 aliphatic rings. The zero-order valence-electron chi connectivity index (χ0n) is 15.7. The van der Waals surface area contributed by atoms with Crippen molar-refractivity contribution in [2.24, 2.45) is 0 Å². The van der Waals surface area contributed by atoms with Crippen LogP contribution in [0.1, 0.15) is 42.9 Å². The maximum absolute atomic E-state index is 12.0. The van der Waals surface area contributed by atoms with Gasteiger partial charge in [0.2, 0.25) is 5.91 Å². The Morgan fingerprint density at radius 3 is 2.59 bits per heavy atom. The van der Waals surface area contributed by atoms with Crippen LogP contribution in [0.3, 0.4) is 0 Å². The molecule has 4 rings (SSSR count). The number of fused-ring (bicyclic) bond motifs is 1. The van der Waals surface area contributed by atoms with Crippen LogP contribution in [0.2, 0.25) is 0 Å². The summed E-state index contributed by atoms with van der Waals surface area (Å²) in [6, 6.07) is 6.23. The van der Waals surface area contributed by atoms with Crippen molar-refractivity contribution in [1.82, 2.24) is 9.88 Å². The summed E-state index contributed by atoms with van der Waals surface area (Å²) in [6.07, 6.45) is 6.26. The SMILES string of the molecule is CCC(=O)N1CCN(c2nc(-c3ccco3)c3c(c2C#N)CCCC3)CC1. The van der Waals surface area contributed by atoms with E-state index in [0.29, 0.717) is 38.2 Å². The van der Waals surface area contributed by atoms with E-state index in [0.717, 1.165) is 54.1 Å². The topological polar surface area (TPSA) is 73.4 Å². The molecule has 3 heterocycles. The molecule has 0 atom stereocenters. The first-order valence-electron chi connectivity index (χ1n) is 9.75. The van der Waals surface area contributed by atoms with Gasteiger partial charge in [0.1, 0.15) is 17.6 Å². The molecule has 6 heteroatoms. The van der Waals surface area contributed by atoms with Crippen molar-refractivity contribution < 1.29 is 9.21 Å². The Morgan fingerprint density at radius 2 is 1.96 bits per heavy atom. The molecule has 6 nitrogen and oxygen atoms in total. The first kappa shape index (κ1) is 17.6. The van der Waals surface area contributed by atoms with Crippen molar-refractivity contribution in [2.75, 3.05) is 31.1 Å². The van der Waals surface area contributed by atoms with Crippen molar-refractivity contribution in [3.8, 4) is 17.5 Å². The summed E-state index contributed by atoms with van der Waals surface area (Å²) in [5.74, 6) is 1.69. The smallest absolute Gasteiger partial charge is 0.222 e. The van der Waals surface area contributed by atoms with Crippen molar-refractivity contribution in [1.29, 1.82) is 5.26 Å². The van der Waals surface area contributed by atoms with E-state index in [1.807, 2.05) is 24.0 Å². The number of carbonyl (C=O) groups excluding carboxylic acids is 1. The fourth-order valence-electron chi connectivity index (χ4n) is 4.16. The minimum Gasteiger partial charge on any atom is -0.463 e. The fraction of sp³-hybridized carbons (Fsp3) is 0.476. The second kappa shape index (κ2) is 7.43. The molecule has 0 aromatic carbocycles. The Balaban J connectivity index is 1.74. The quantitative estimate of drug-likeness (QED) is 0.836. The molecule has 1 aliphatic heterocycles. The number of aromatic nitrogens is 1. The normalized spacial score (nSPS) is 16.7. The van der Waals surface area contributed by atoms with Crippen LogP contribution in [0, 0.1) is 11.3 Å². The summed E-state index contributed by atoms with van der Waals surface area (Å²) in [6.45, 7) is 4.63. The molecule has 27 heavy (non-hydrogen) atoms. The number of nitriles is 1. The maximum Gasteiger partial charge on any atom is 0.222 e. The number of nitrogens with zero attached hydrogens (tertiary/aromatic N) is 4. The lowest BCUT2D eigenvalue weighted by atomic mass is 9.87. The highest BCUT2D eigenvalue weighted by Gasteiger charge is 2.28. The van der Waals surface area contributed by atoms with Crippen LogP contribution in [-0.2, 0) is 17.6 Å². The largest absolute Gasteiger partial charge is 0.463 e. The summed E-state index contributed by atoms with van der Waals surface area (Å²) >= 11 is 0. The van der Waals surface area contributed by atoms with E-state index in [1.54, 1.807) is 6.26 Å². The van der Waals surface area contributed by atoms with Crippen LogP contribution < -0.4 is 4.90 Å². The van der Waals surface area contributed by atoms with E-state index < -0.39 is 0 Å². The Labute approximate surface area is 159 Å². The standard InChI is InChI=1S/C21H24N4O2/c1-2-19(26)24-9-11-25(12-10-24)21-17(14-22)15-6-3-4-7-16(15)20(23-21)18-8-5-13-27-18/h5,8,13H,2-4,6-7,9-12H2,1H3. The molecular weight excluding hydrogens is 340 g/mol. The number of pyridine rings is 1. The Kier molecular flexibility index (Phi) is 4.85. The number of carbonyl (C=O) groups is 1. The lowest BCUT2D eigenvalue weighted by molar-refractivity contribution is -0.131. The molecule has 2 aromatic rings. The zero-order chi connectivity index (χ0) is 18.8. The second-order valence-corrected chi connectivity index (χ2v) is 7.13. The number of rotatable bonds is 3. The van der Waals surface area contributed by atoms with Gasteiger partial charge in [-0.3, -0.25) is 4.79 Å². The molecule has 0 spiro atoms. The summed E-state index contributed by atoms with van der Waals surface area (Å²) in [5, 5.41) is 9.90. The van der Waals surface area contributed by atoms with Gasteiger partial charge in [-0.1, -0.05) is 6.92 Å². The Hall–Kier alpha value is -2.81. The molecule has 2 aromatic heterocycles. The van der Waals surface area contributed by atoms with E-state index in [1.165, 1.54) is 0 Å². The highest BCUT2D eigenvalue weighted by molar-refractivity contribution is 5.76. The third-order valence-corrected chi connectivity index (χ3v) is 5.60. The zero-order valence-corrected chi connectivity index (χ0v) is 15.7. The number of hydrogen-bond donors (Lipinski definition) is 0. The van der Waals surface area contributed by atoms with Gasteiger partial charge in [0.25, 0.3) is 0 Å². The number of anilines is 1. The second-order valence-electron chi connectivity index (χ2n) is 7.13. The monoisotopic (exact) mass is 364 g/mol. The van der Waals surface area contributed by atoms with E-state index >= 15 is 0 Å². The van der Waals surface area contributed by atoms with Crippen LogP contribution in [0.15, 0.2) is 22.8 Å². The number of piperazine rings is 1. The molecule has 0 N–H and O–H groups in total. The number of hydrogen-bond acceptors (Lipinski definition) is 5. The molecular formula is C21H24N4O2. The van der Waals surface area contributed by atoms with Crippen molar-refractivity contribution in [3.05, 3.63) is 35.1 Å². The summed E-state index contributed by atoms with van der Waals surface area (Å²) in [4.78, 5) is 20.9. The molecule has 0 unspecified atom stereocenters. The van der Waals surface area contributed by atoms with Gasteiger partial charge >= 0.3 is 0 Å². The molecule has 0 saturated carbocycles. The van der Waals surface area contributed by atoms with Gasteiger partial charge < -0.3 is 14.2 Å². The minimum absolute atomic E-state index is 0.185. The van der Waals surface area contributed by atoms with Gasteiger partial charge in [0.05, 0.1) is 11.8 Å². The van der Waals surface area contributed by atoms with Gasteiger partial charge in [-0.05, 0) is 48.9 Å². The van der Waals surface area contributed by atoms with Crippen molar-refractivity contribution >= 4 is 11.7 Å². The number of furan rings is 1. The lowest BCUT2D eigenvalue weighted by Gasteiger charge is -2.36. The predicted octanol–water partition coefficient (Wildman–Crippen LogP) is 3.15. The van der Waals surface area contributed by atoms with Crippen LogP contribution in [-0.4, -0.2) is 42.0 Å². The molecule has 140 valence electrons. The van der Waals surface area contributed by atoms with Gasteiger partial charge in [0.15, 0.2) is 5.76 Å². The average molecular weight is 364 g/mol. The van der Waals surface area contributed by atoms with E-state index in [-0.39, 0.29) is 5.91 Å². The highest BCUT2D eigenvalue weighted by atomic mass is 16.3. The van der Waals surface area contributed by atoms with Gasteiger partial charge in [-0.15, -0.1) is 0 Å². The Bertz CT molecular complexity index is 875. The summed E-state index contributed by atoms with van der Waals surface area (Å²) in [5.41, 5.74) is 3.87. The number of amides is 1. The first-order chi connectivity index (χ1) is 13.2. The predicted molar refractivity (Wildman–Crippen MR) is 102 cm³/mol. The molecule has 1 amide bonds. The minimum atomic E-state index is 0.185. The third kappa shape index (κ3) is 3.18. The van der Waals surface area contributed by atoms with E-state index in [4.69, 9.17) is 9.40 Å². The van der Waals surface area contributed by atoms with Crippen LogP contribution in [0.4, 0.5) is 5.82 Å². The molecule has 0 bridgehead atoms. The lowest BCUT2D eigenvalue weighted by Crippen LogP contribution is -2.49. The van der Waals surface area contributed by atoms with Gasteiger partial charge in [-0.2, -0.15) is 5.26 Å². The molecule has 0 radical (unpaired) electrons. The van der Waals surface area contributed by atoms with Crippen LogP contribution >= 0.6 is 0 Å². The van der Waals surface area contributed by atoms with Gasteiger partial charge in [0, 0.05) is 32.6 Å². The van der Waals surface area contributed by atoms with Crippen LogP contribution in [0.5, 0.6) is 0 Å². The van der Waals surface area contributed by atoms with Crippen molar-refractivity contribution in [2.45, 2.75) is 39.0 Å². The van der Waals surface area contributed by atoms with Crippen LogP contribution in [0.25, 0.3) is 11.5 Å². The fourth-order valence-corrected chi connectivity index (χ4v) is 4.16.